The van der Waals surface area contributed by atoms with E-state index >= 15 is 0 Å². The Bertz CT molecular complexity index is 872. The van der Waals surface area contributed by atoms with Crippen LogP contribution in [0.2, 0.25) is 0 Å². The topological polar surface area (TPSA) is 58.6 Å². The van der Waals surface area contributed by atoms with Crippen LogP contribution in [0.4, 0.5) is 0 Å². The first-order valence-corrected chi connectivity index (χ1v) is 8.28. The predicted octanol–water partition coefficient (Wildman–Crippen LogP) is 3.86. The number of hydrogen-bond acceptors (Lipinski definition) is 4. The Kier molecular flexibility index (Phi) is 3.83. The third kappa shape index (κ3) is 2.81. The summed E-state index contributed by atoms with van der Waals surface area (Å²) in [6.07, 6.45) is 0.895. The highest BCUT2D eigenvalue weighted by Gasteiger charge is 2.14. The van der Waals surface area contributed by atoms with Crippen molar-refractivity contribution >= 4 is 21.6 Å². The number of nitrogens with one attached hydrogen (secondary N) is 1. The van der Waals surface area contributed by atoms with E-state index in [2.05, 4.69) is 28.8 Å². The third-order valence-electron chi connectivity index (χ3n) is 3.49. The summed E-state index contributed by atoms with van der Waals surface area (Å²) in [5, 5.41) is 2.78. The van der Waals surface area contributed by atoms with Crippen molar-refractivity contribution in [2.45, 2.75) is 34.1 Å². The standard InChI is InChI=1S/C17H19N3OS/c1-9(2)5-12-8-22-17-14(12)16(21)19-15(20-17)13-7-10(3)6-11(4)18-13/h6-9H,5H2,1-4H3,(H,19,20,21). The molecule has 3 aromatic heterocycles. The maximum Gasteiger partial charge on any atom is 0.260 e. The van der Waals surface area contributed by atoms with Gasteiger partial charge >= 0.3 is 0 Å². The second kappa shape index (κ2) is 5.65. The average Bonchev–Trinajstić information content (AvgIpc) is 2.80. The van der Waals surface area contributed by atoms with Crippen LogP contribution in [0.25, 0.3) is 21.7 Å². The van der Waals surface area contributed by atoms with Crippen LogP contribution >= 0.6 is 11.3 Å². The van der Waals surface area contributed by atoms with Gasteiger partial charge in [0, 0.05) is 5.69 Å². The lowest BCUT2D eigenvalue weighted by Crippen LogP contribution is -2.11. The molecule has 3 heterocycles. The van der Waals surface area contributed by atoms with Gasteiger partial charge in [0.2, 0.25) is 0 Å². The molecule has 0 aliphatic heterocycles. The lowest BCUT2D eigenvalue weighted by Gasteiger charge is -2.05. The summed E-state index contributed by atoms with van der Waals surface area (Å²) in [4.78, 5) is 25.3. The van der Waals surface area contributed by atoms with Gasteiger partial charge in [-0.2, -0.15) is 0 Å². The van der Waals surface area contributed by atoms with Gasteiger partial charge in [0.15, 0.2) is 5.82 Å². The van der Waals surface area contributed by atoms with Gasteiger partial charge in [0.25, 0.3) is 5.56 Å². The minimum absolute atomic E-state index is 0.0714. The van der Waals surface area contributed by atoms with Crippen LogP contribution < -0.4 is 5.56 Å². The van der Waals surface area contributed by atoms with Crippen molar-refractivity contribution in [3.8, 4) is 11.5 Å². The van der Waals surface area contributed by atoms with Gasteiger partial charge < -0.3 is 4.98 Å². The molecule has 0 saturated heterocycles. The van der Waals surface area contributed by atoms with Crippen molar-refractivity contribution in [1.82, 2.24) is 15.0 Å². The zero-order chi connectivity index (χ0) is 15.9. The van der Waals surface area contributed by atoms with Crippen LogP contribution in [0.5, 0.6) is 0 Å². The Morgan fingerprint density at radius 3 is 2.68 bits per heavy atom. The summed E-state index contributed by atoms with van der Waals surface area (Å²) >= 11 is 1.53. The molecule has 3 aromatic rings. The summed E-state index contributed by atoms with van der Waals surface area (Å²) in [6, 6.07) is 3.95. The van der Waals surface area contributed by atoms with E-state index in [1.807, 2.05) is 31.4 Å². The molecule has 0 spiro atoms. The smallest absolute Gasteiger partial charge is 0.260 e. The van der Waals surface area contributed by atoms with Crippen LogP contribution in [0.15, 0.2) is 22.3 Å². The SMILES string of the molecule is Cc1cc(C)nc(-c2nc3scc(CC(C)C)c3c(=O)[nH]2)c1. The van der Waals surface area contributed by atoms with Crippen molar-refractivity contribution in [1.29, 1.82) is 0 Å². The Morgan fingerprint density at radius 1 is 1.23 bits per heavy atom. The van der Waals surface area contributed by atoms with E-state index in [-0.39, 0.29) is 5.56 Å². The van der Waals surface area contributed by atoms with Gasteiger partial charge in [-0.3, -0.25) is 4.79 Å². The Labute approximate surface area is 133 Å². The van der Waals surface area contributed by atoms with E-state index < -0.39 is 0 Å². The predicted molar refractivity (Wildman–Crippen MR) is 91.5 cm³/mol. The highest BCUT2D eigenvalue weighted by molar-refractivity contribution is 7.16. The molecule has 5 heteroatoms. The van der Waals surface area contributed by atoms with Crippen molar-refractivity contribution < 1.29 is 0 Å². The monoisotopic (exact) mass is 313 g/mol. The number of fused-ring (bicyclic) bond motifs is 1. The average molecular weight is 313 g/mol. The normalized spacial score (nSPS) is 11.5. The van der Waals surface area contributed by atoms with Crippen LogP contribution in [0.3, 0.4) is 0 Å². The first-order chi connectivity index (χ1) is 10.4. The summed E-state index contributed by atoms with van der Waals surface area (Å²) in [5.74, 6) is 1.06. The number of aromatic nitrogens is 3. The fourth-order valence-electron chi connectivity index (χ4n) is 2.68. The van der Waals surface area contributed by atoms with Crippen molar-refractivity contribution in [2.24, 2.45) is 5.92 Å². The first kappa shape index (κ1) is 14.9. The van der Waals surface area contributed by atoms with Crippen molar-refractivity contribution in [3.63, 3.8) is 0 Å². The minimum Gasteiger partial charge on any atom is -0.305 e. The zero-order valence-corrected chi connectivity index (χ0v) is 14.0. The van der Waals surface area contributed by atoms with Gasteiger partial charge in [0.05, 0.1) is 5.39 Å². The minimum atomic E-state index is -0.0714. The first-order valence-electron chi connectivity index (χ1n) is 7.40. The summed E-state index contributed by atoms with van der Waals surface area (Å²) in [7, 11) is 0. The summed E-state index contributed by atoms with van der Waals surface area (Å²) in [6.45, 7) is 8.26. The molecular weight excluding hydrogens is 294 g/mol. The quantitative estimate of drug-likeness (QED) is 0.798. The molecule has 1 N–H and O–H groups in total. The van der Waals surface area contributed by atoms with Gasteiger partial charge in [0.1, 0.15) is 10.5 Å². The molecular formula is C17H19N3OS. The molecule has 22 heavy (non-hydrogen) atoms. The third-order valence-corrected chi connectivity index (χ3v) is 4.41. The van der Waals surface area contributed by atoms with E-state index in [4.69, 9.17) is 0 Å². The largest absolute Gasteiger partial charge is 0.305 e. The van der Waals surface area contributed by atoms with E-state index in [1.54, 1.807) is 0 Å². The number of nitrogens with zero attached hydrogens (tertiary/aromatic N) is 2. The molecule has 0 amide bonds. The van der Waals surface area contributed by atoms with Gasteiger partial charge in [-0.1, -0.05) is 13.8 Å². The molecule has 3 rings (SSSR count). The second-order valence-electron chi connectivity index (χ2n) is 6.12. The fourth-order valence-corrected chi connectivity index (χ4v) is 3.63. The molecule has 0 aromatic carbocycles. The Hall–Kier alpha value is -2.01. The fraction of sp³-hybridized carbons (Fsp3) is 0.353. The molecule has 0 fully saturated rings. The van der Waals surface area contributed by atoms with Crippen molar-refractivity contribution in [2.75, 3.05) is 0 Å². The lowest BCUT2D eigenvalue weighted by molar-refractivity contribution is 0.651. The second-order valence-corrected chi connectivity index (χ2v) is 6.98. The molecule has 0 bridgehead atoms. The number of H-pyrrole nitrogens is 1. The Morgan fingerprint density at radius 2 is 2.00 bits per heavy atom. The highest BCUT2D eigenvalue weighted by atomic mass is 32.1. The molecule has 0 atom stereocenters. The number of aryl methyl sites for hydroxylation is 2. The van der Waals surface area contributed by atoms with E-state index in [0.717, 1.165) is 39.2 Å². The molecule has 0 aliphatic rings. The summed E-state index contributed by atoms with van der Waals surface area (Å²) in [5.41, 5.74) is 3.76. The van der Waals surface area contributed by atoms with Crippen LogP contribution in [0, 0.1) is 19.8 Å². The van der Waals surface area contributed by atoms with E-state index in [9.17, 15) is 4.79 Å². The number of pyridine rings is 1. The lowest BCUT2D eigenvalue weighted by atomic mass is 10.0. The molecule has 0 unspecified atom stereocenters. The molecule has 0 saturated carbocycles. The van der Waals surface area contributed by atoms with E-state index in [0.29, 0.717) is 11.7 Å². The van der Waals surface area contributed by atoms with Gasteiger partial charge in [-0.05, 0) is 54.8 Å². The van der Waals surface area contributed by atoms with E-state index in [1.165, 1.54) is 11.3 Å². The zero-order valence-electron chi connectivity index (χ0n) is 13.2. The van der Waals surface area contributed by atoms with Crippen LogP contribution in [-0.4, -0.2) is 15.0 Å². The van der Waals surface area contributed by atoms with Crippen LogP contribution in [-0.2, 0) is 6.42 Å². The molecule has 114 valence electrons. The molecule has 4 nitrogen and oxygen atoms in total. The maximum atomic E-state index is 12.5. The number of hydrogen-bond donors (Lipinski definition) is 1. The Balaban J connectivity index is 2.16. The highest BCUT2D eigenvalue weighted by Crippen LogP contribution is 2.25. The maximum absolute atomic E-state index is 12.5. The van der Waals surface area contributed by atoms with Crippen LogP contribution in [0.1, 0.15) is 30.7 Å². The number of rotatable bonds is 3. The molecule has 0 radical (unpaired) electrons. The van der Waals surface area contributed by atoms with Crippen molar-refractivity contribution in [3.05, 3.63) is 44.7 Å². The van der Waals surface area contributed by atoms with Gasteiger partial charge in [-0.25, -0.2) is 9.97 Å². The molecule has 0 aliphatic carbocycles. The number of thiophene rings is 1. The number of aromatic amines is 1. The summed E-state index contributed by atoms with van der Waals surface area (Å²) < 4.78 is 0. The van der Waals surface area contributed by atoms with Gasteiger partial charge in [-0.15, -0.1) is 11.3 Å².